The molecule has 110 valence electrons. The van der Waals surface area contributed by atoms with Crippen LogP contribution in [0.5, 0.6) is 0 Å². The van der Waals surface area contributed by atoms with Gasteiger partial charge in [0.2, 0.25) is 0 Å². The zero-order valence-corrected chi connectivity index (χ0v) is 12.7. The van der Waals surface area contributed by atoms with E-state index in [1.807, 2.05) is 12.4 Å². The maximum absolute atomic E-state index is 4.08. The van der Waals surface area contributed by atoms with Crippen molar-refractivity contribution < 1.29 is 0 Å². The first-order valence-corrected chi connectivity index (χ1v) is 7.72. The quantitative estimate of drug-likeness (QED) is 0.858. The molecule has 2 heterocycles. The minimum Gasteiger partial charge on any atom is -0.372 e. The molecule has 0 spiro atoms. The van der Waals surface area contributed by atoms with E-state index in [4.69, 9.17) is 0 Å². The average Bonchev–Trinajstić information content (AvgIpc) is 2.57. The van der Waals surface area contributed by atoms with Gasteiger partial charge in [-0.25, -0.2) is 0 Å². The second-order valence-electron chi connectivity index (χ2n) is 5.81. The van der Waals surface area contributed by atoms with Crippen molar-refractivity contribution in [2.75, 3.05) is 25.0 Å². The molecule has 3 nitrogen and oxygen atoms in total. The van der Waals surface area contributed by atoms with Gasteiger partial charge >= 0.3 is 0 Å². The van der Waals surface area contributed by atoms with Gasteiger partial charge in [-0.3, -0.25) is 9.88 Å². The highest BCUT2D eigenvalue weighted by Gasteiger charge is 2.22. The summed E-state index contributed by atoms with van der Waals surface area (Å²) in [6, 6.07) is 15.6. The summed E-state index contributed by atoms with van der Waals surface area (Å²) < 4.78 is 0. The van der Waals surface area contributed by atoms with Crippen LogP contribution in [0.2, 0.25) is 0 Å². The molecule has 1 aliphatic rings. The van der Waals surface area contributed by atoms with E-state index in [2.05, 4.69) is 64.3 Å². The largest absolute Gasteiger partial charge is 0.372 e. The standard InChI is InChI=1S/C18H23N3/c1-20(17-5-3-2-4-6-17)18-9-13-21(14-10-18)15-16-7-11-19-12-8-16/h2-8,11-12,18H,9-10,13-15H2,1H3. The molecule has 0 radical (unpaired) electrons. The van der Waals surface area contributed by atoms with Gasteiger partial charge in [0.1, 0.15) is 0 Å². The van der Waals surface area contributed by atoms with E-state index in [0.717, 1.165) is 6.54 Å². The molecule has 0 N–H and O–H groups in total. The Labute approximate surface area is 127 Å². The van der Waals surface area contributed by atoms with Crippen molar-refractivity contribution in [2.45, 2.75) is 25.4 Å². The Bertz CT molecular complexity index is 533. The van der Waals surface area contributed by atoms with Crippen LogP contribution < -0.4 is 4.90 Å². The Morgan fingerprint density at radius 3 is 2.38 bits per heavy atom. The first-order chi connectivity index (χ1) is 10.3. The third-order valence-electron chi connectivity index (χ3n) is 4.42. The van der Waals surface area contributed by atoms with Crippen LogP contribution in [0.25, 0.3) is 0 Å². The lowest BCUT2D eigenvalue weighted by molar-refractivity contribution is 0.203. The van der Waals surface area contributed by atoms with Crippen LogP contribution in [0.1, 0.15) is 18.4 Å². The van der Waals surface area contributed by atoms with Crippen molar-refractivity contribution in [1.29, 1.82) is 0 Å². The van der Waals surface area contributed by atoms with E-state index < -0.39 is 0 Å². The van der Waals surface area contributed by atoms with Crippen LogP contribution in [0, 0.1) is 0 Å². The summed E-state index contributed by atoms with van der Waals surface area (Å²) >= 11 is 0. The van der Waals surface area contributed by atoms with E-state index in [1.54, 1.807) is 0 Å². The number of benzene rings is 1. The Morgan fingerprint density at radius 2 is 1.71 bits per heavy atom. The second-order valence-corrected chi connectivity index (χ2v) is 5.81. The predicted molar refractivity (Wildman–Crippen MR) is 87.4 cm³/mol. The fraction of sp³-hybridized carbons (Fsp3) is 0.389. The molecular weight excluding hydrogens is 258 g/mol. The van der Waals surface area contributed by atoms with Gasteiger partial charge in [-0.1, -0.05) is 18.2 Å². The van der Waals surface area contributed by atoms with Gasteiger partial charge in [0.15, 0.2) is 0 Å². The molecule has 0 bridgehead atoms. The molecule has 0 atom stereocenters. The number of hydrogen-bond donors (Lipinski definition) is 0. The van der Waals surface area contributed by atoms with Gasteiger partial charge in [-0.15, -0.1) is 0 Å². The molecule has 3 rings (SSSR count). The highest BCUT2D eigenvalue weighted by atomic mass is 15.2. The van der Waals surface area contributed by atoms with Crippen molar-refractivity contribution in [3.8, 4) is 0 Å². The molecule has 2 aromatic rings. The van der Waals surface area contributed by atoms with E-state index in [-0.39, 0.29) is 0 Å². The molecule has 1 fully saturated rings. The van der Waals surface area contributed by atoms with Crippen LogP contribution in [0.4, 0.5) is 5.69 Å². The lowest BCUT2D eigenvalue weighted by Crippen LogP contribution is -2.43. The van der Waals surface area contributed by atoms with E-state index in [0.29, 0.717) is 6.04 Å². The monoisotopic (exact) mass is 281 g/mol. The number of rotatable bonds is 4. The Hall–Kier alpha value is -1.87. The summed E-state index contributed by atoms with van der Waals surface area (Å²) in [5.74, 6) is 0. The number of hydrogen-bond acceptors (Lipinski definition) is 3. The molecule has 3 heteroatoms. The molecule has 1 aliphatic heterocycles. The first-order valence-electron chi connectivity index (χ1n) is 7.72. The number of likely N-dealkylation sites (tertiary alicyclic amines) is 1. The van der Waals surface area contributed by atoms with Crippen LogP contribution in [0.3, 0.4) is 0 Å². The normalized spacial score (nSPS) is 16.8. The number of anilines is 1. The zero-order chi connectivity index (χ0) is 14.5. The first kappa shape index (κ1) is 14.1. The molecule has 21 heavy (non-hydrogen) atoms. The summed E-state index contributed by atoms with van der Waals surface area (Å²) in [4.78, 5) is 9.06. The SMILES string of the molecule is CN(c1ccccc1)C1CCN(Cc2ccncc2)CC1. The molecule has 0 saturated carbocycles. The molecule has 0 aliphatic carbocycles. The summed E-state index contributed by atoms with van der Waals surface area (Å²) in [5, 5.41) is 0. The lowest BCUT2D eigenvalue weighted by Gasteiger charge is -2.37. The summed E-state index contributed by atoms with van der Waals surface area (Å²) in [5.41, 5.74) is 2.69. The Balaban J connectivity index is 1.53. The van der Waals surface area contributed by atoms with E-state index in [1.165, 1.54) is 37.2 Å². The second kappa shape index (κ2) is 6.72. The summed E-state index contributed by atoms with van der Waals surface area (Å²) in [6.45, 7) is 3.39. The van der Waals surface area contributed by atoms with Gasteiger partial charge in [0, 0.05) is 50.8 Å². The molecule has 1 saturated heterocycles. The molecular formula is C18H23N3. The van der Waals surface area contributed by atoms with Crippen molar-refractivity contribution in [2.24, 2.45) is 0 Å². The fourth-order valence-corrected chi connectivity index (χ4v) is 3.09. The maximum atomic E-state index is 4.08. The number of nitrogens with zero attached hydrogens (tertiary/aromatic N) is 3. The topological polar surface area (TPSA) is 19.4 Å². The zero-order valence-electron chi connectivity index (χ0n) is 12.7. The van der Waals surface area contributed by atoms with Gasteiger partial charge in [-0.05, 0) is 42.7 Å². The van der Waals surface area contributed by atoms with E-state index in [9.17, 15) is 0 Å². The smallest absolute Gasteiger partial charge is 0.0366 e. The van der Waals surface area contributed by atoms with E-state index >= 15 is 0 Å². The highest BCUT2D eigenvalue weighted by molar-refractivity contribution is 5.46. The molecule has 0 amide bonds. The van der Waals surface area contributed by atoms with Crippen molar-refractivity contribution in [3.05, 3.63) is 60.4 Å². The third-order valence-corrected chi connectivity index (χ3v) is 4.42. The van der Waals surface area contributed by atoms with Crippen molar-refractivity contribution >= 4 is 5.69 Å². The summed E-state index contributed by atoms with van der Waals surface area (Å²) in [7, 11) is 2.22. The Kier molecular flexibility index (Phi) is 4.51. The van der Waals surface area contributed by atoms with Gasteiger partial charge in [0.05, 0.1) is 0 Å². The number of para-hydroxylation sites is 1. The predicted octanol–water partition coefficient (Wildman–Crippen LogP) is 3.18. The van der Waals surface area contributed by atoms with Crippen molar-refractivity contribution in [1.82, 2.24) is 9.88 Å². The third kappa shape index (κ3) is 3.61. The van der Waals surface area contributed by atoms with Gasteiger partial charge in [-0.2, -0.15) is 0 Å². The highest BCUT2D eigenvalue weighted by Crippen LogP contribution is 2.22. The van der Waals surface area contributed by atoms with Crippen molar-refractivity contribution in [3.63, 3.8) is 0 Å². The minimum atomic E-state index is 0.654. The summed E-state index contributed by atoms with van der Waals surface area (Å²) in [6.07, 6.45) is 6.23. The lowest BCUT2D eigenvalue weighted by atomic mass is 10.0. The van der Waals surface area contributed by atoms with Gasteiger partial charge in [0.25, 0.3) is 0 Å². The molecule has 1 aromatic heterocycles. The minimum absolute atomic E-state index is 0.654. The number of piperidine rings is 1. The van der Waals surface area contributed by atoms with Crippen LogP contribution in [0.15, 0.2) is 54.9 Å². The van der Waals surface area contributed by atoms with Crippen LogP contribution in [-0.2, 0) is 6.54 Å². The fourth-order valence-electron chi connectivity index (χ4n) is 3.09. The molecule has 0 unspecified atom stereocenters. The number of aromatic nitrogens is 1. The Morgan fingerprint density at radius 1 is 1.05 bits per heavy atom. The maximum Gasteiger partial charge on any atom is 0.0366 e. The van der Waals surface area contributed by atoms with Crippen LogP contribution in [-0.4, -0.2) is 36.1 Å². The van der Waals surface area contributed by atoms with Gasteiger partial charge < -0.3 is 4.90 Å². The van der Waals surface area contributed by atoms with Crippen LogP contribution >= 0.6 is 0 Å². The average molecular weight is 281 g/mol. The molecule has 1 aromatic carbocycles. The number of pyridine rings is 1.